The molecule has 0 spiro atoms. The Morgan fingerprint density at radius 1 is 1.44 bits per heavy atom. The van der Waals surface area contributed by atoms with Gasteiger partial charge in [-0.15, -0.1) is 0 Å². The largest absolute Gasteiger partial charge is 0.497 e. The fourth-order valence-electron chi connectivity index (χ4n) is 1.86. The summed E-state index contributed by atoms with van der Waals surface area (Å²) in [4.78, 5) is 16.4. The summed E-state index contributed by atoms with van der Waals surface area (Å²) in [6.45, 7) is 4.10. The van der Waals surface area contributed by atoms with Gasteiger partial charge in [-0.05, 0) is 19.4 Å². The van der Waals surface area contributed by atoms with Gasteiger partial charge in [-0.1, -0.05) is 6.92 Å². The van der Waals surface area contributed by atoms with Crippen molar-refractivity contribution in [2.75, 3.05) is 13.7 Å². The molecule has 0 bridgehead atoms. The summed E-state index contributed by atoms with van der Waals surface area (Å²) < 4.78 is 11.9. The molecule has 0 unspecified atom stereocenters. The van der Waals surface area contributed by atoms with Crippen LogP contribution in [0, 0.1) is 0 Å². The van der Waals surface area contributed by atoms with Crippen LogP contribution in [0.2, 0.25) is 0 Å². The summed E-state index contributed by atoms with van der Waals surface area (Å²) in [5, 5.41) is 0. The first kappa shape index (κ1) is 12.4. The zero-order chi connectivity index (χ0) is 13.1. The predicted molar refractivity (Wildman–Crippen MR) is 67.1 cm³/mol. The summed E-state index contributed by atoms with van der Waals surface area (Å²) in [6.07, 6.45) is 2.45. The van der Waals surface area contributed by atoms with Crippen LogP contribution in [0.25, 0.3) is 5.65 Å². The number of hydrogen-bond donors (Lipinski definition) is 0. The Morgan fingerprint density at radius 3 is 2.83 bits per heavy atom. The Labute approximate surface area is 105 Å². The van der Waals surface area contributed by atoms with Crippen LogP contribution in [0.4, 0.5) is 0 Å². The van der Waals surface area contributed by atoms with Gasteiger partial charge in [0.2, 0.25) is 0 Å². The van der Waals surface area contributed by atoms with Crippen molar-refractivity contribution in [3.63, 3.8) is 0 Å². The average molecular weight is 248 g/mol. The van der Waals surface area contributed by atoms with Crippen molar-refractivity contribution in [1.29, 1.82) is 0 Å². The number of methoxy groups -OCH3 is 1. The van der Waals surface area contributed by atoms with E-state index in [1.54, 1.807) is 36.8 Å². The van der Waals surface area contributed by atoms with E-state index in [9.17, 15) is 4.79 Å². The molecule has 5 heteroatoms. The van der Waals surface area contributed by atoms with E-state index >= 15 is 0 Å². The van der Waals surface area contributed by atoms with Crippen molar-refractivity contribution in [3.05, 3.63) is 29.7 Å². The molecule has 18 heavy (non-hydrogen) atoms. The minimum atomic E-state index is -0.341. The number of aryl methyl sites for hydroxylation is 1. The van der Waals surface area contributed by atoms with Crippen LogP contribution in [0.15, 0.2) is 18.3 Å². The van der Waals surface area contributed by atoms with Gasteiger partial charge >= 0.3 is 5.97 Å². The number of imidazole rings is 1. The zero-order valence-corrected chi connectivity index (χ0v) is 10.8. The third-order valence-electron chi connectivity index (χ3n) is 2.71. The monoisotopic (exact) mass is 248 g/mol. The number of ether oxygens (including phenoxy) is 2. The van der Waals surface area contributed by atoms with Gasteiger partial charge in [-0.2, -0.15) is 0 Å². The van der Waals surface area contributed by atoms with Gasteiger partial charge < -0.3 is 9.47 Å². The van der Waals surface area contributed by atoms with E-state index < -0.39 is 0 Å². The molecule has 0 aliphatic carbocycles. The molecule has 0 fully saturated rings. The minimum absolute atomic E-state index is 0.341. The lowest BCUT2D eigenvalue weighted by Crippen LogP contribution is -2.10. The molecular formula is C13H16N2O3. The van der Waals surface area contributed by atoms with Crippen molar-refractivity contribution in [3.8, 4) is 5.75 Å². The first-order valence-corrected chi connectivity index (χ1v) is 5.93. The van der Waals surface area contributed by atoms with E-state index in [2.05, 4.69) is 4.98 Å². The van der Waals surface area contributed by atoms with E-state index in [1.165, 1.54) is 0 Å². The lowest BCUT2D eigenvalue weighted by atomic mass is 10.2. The minimum Gasteiger partial charge on any atom is -0.497 e. The van der Waals surface area contributed by atoms with Crippen molar-refractivity contribution < 1.29 is 14.3 Å². The van der Waals surface area contributed by atoms with Gasteiger partial charge in [-0.25, -0.2) is 9.78 Å². The molecule has 0 aliphatic heterocycles. The number of rotatable bonds is 4. The molecule has 2 aromatic heterocycles. The highest BCUT2D eigenvalue weighted by Gasteiger charge is 2.19. The molecule has 0 saturated carbocycles. The van der Waals surface area contributed by atoms with Crippen LogP contribution < -0.4 is 4.74 Å². The van der Waals surface area contributed by atoms with Crippen molar-refractivity contribution >= 4 is 11.6 Å². The molecule has 0 aliphatic rings. The van der Waals surface area contributed by atoms with Crippen LogP contribution in [0.5, 0.6) is 5.75 Å². The highest BCUT2D eigenvalue weighted by Crippen LogP contribution is 2.19. The molecule has 0 radical (unpaired) electrons. The lowest BCUT2D eigenvalue weighted by molar-refractivity contribution is 0.0517. The average Bonchev–Trinajstić information content (AvgIpc) is 2.76. The Hall–Kier alpha value is -2.04. The van der Waals surface area contributed by atoms with Crippen LogP contribution in [0.1, 0.15) is 30.0 Å². The van der Waals surface area contributed by atoms with Gasteiger partial charge in [0.05, 0.1) is 19.4 Å². The second-order valence-corrected chi connectivity index (χ2v) is 3.78. The Bertz CT molecular complexity index is 575. The number of carbonyl (C=O) groups excluding carboxylic acids is 1. The quantitative estimate of drug-likeness (QED) is 0.777. The number of pyridine rings is 1. The maximum absolute atomic E-state index is 11.9. The molecule has 0 atom stereocenters. The van der Waals surface area contributed by atoms with Gasteiger partial charge in [0.25, 0.3) is 0 Å². The third kappa shape index (κ3) is 2.03. The second-order valence-electron chi connectivity index (χ2n) is 3.78. The van der Waals surface area contributed by atoms with E-state index in [0.29, 0.717) is 30.1 Å². The molecule has 0 amide bonds. The molecule has 0 N–H and O–H groups in total. The van der Waals surface area contributed by atoms with Crippen LogP contribution in [-0.4, -0.2) is 29.1 Å². The number of carbonyl (C=O) groups is 1. The maximum atomic E-state index is 11.9. The molecule has 2 heterocycles. The second kappa shape index (κ2) is 5.08. The SMILES string of the molecule is CCOC(=O)c1c(CC)nc2cc(OC)ccn12. The summed E-state index contributed by atoms with van der Waals surface area (Å²) in [7, 11) is 1.60. The number of hydrogen-bond acceptors (Lipinski definition) is 4. The molecule has 96 valence electrons. The van der Waals surface area contributed by atoms with Crippen molar-refractivity contribution in [1.82, 2.24) is 9.38 Å². The van der Waals surface area contributed by atoms with Crippen LogP contribution >= 0.6 is 0 Å². The molecule has 0 saturated heterocycles. The van der Waals surface area contributed by atoms with Gasteiger partial charge in [0.1, 0.15) is 11.4 Å². The van der Waals surface area contributed by atoms with E-state index in [1.807, 2.05) is 6.92 Å². The van der Waals surface area contributed by atoms with Crippen molar-refractivity contribution in [2.24, 2.45) is 0 Å². The molecule has 5 nitrogen and oxygen atoms in total. The summed E-state index contributed by atoms with van der Waals surface area (Å²) in [5.41, 5.74) is 1.92. The van der Waals surface area contributed by atoms with E-state index in [0.717, 1.165) is 5.69 Å². The summed E-state index contributed by atoms with van der Waals surface area (Å²) in [6, 6.07) is 3.58. The summed E-state index contributed by atoms with van der Waals surface area (Å²) in [5.74, 6) is 0.373. The third-order valence-corrected chi connectivity index (χ3v) is 2.71. The summed E-state index contributed by atoms with van der Waals surface area (Å²) >= 11 is 0. The van der Waals surface area contributed by atoms with E-state index in [4.69, 9.17) is 9.47 Å². The number of aromatic nitrogens is 2. The fourth-order valence-corrected chi connectivity index (χ4v) is 1.86. The van der Waals surface area contributed by atoms with Gasteiger partial charge in [0.15, 0.2) is 5.69 Å². The number of esters is 1. The Kier molecular flexibility index (Phi) is 3.50. The van der Waals surface area contributed by atoms with Crippen LogP contribution in [-0.2, 0) is 11.2 Å². The number of fused-ring (bicyclic) bond motifs is 1. The van der Waals surface area contributed by atoms with Gasteiger partial charge in [0, 0.05) is 12.3 Å². The lowest BCUT2D eigenvalue weighted by Gasteiger charge is -2.04. The molecule has 0 aromatic carbocycles. The smallest absolute Gasteiger partial charge is 0.357 e. The predicted octanol–water partition coefficient (Wildman–Crippen LogP) is 2.08. The highest BCUT2D eigenvalue weighted by molar-refractivity contribution is 5.90. The van der Waals surface area contributed by atoms with Crippen LogP contribution in [0.3, 0.4) is 0 Å². The number of nitrogens with zero attached hydrogens (tertiary/aromatic N) is 2. The fraction of sp³-hybridized carbons (Fsp3) is 0.385. The molecular weight excluding hydrogens is 232 g/mol. The normalized spacial score (nSPS) is 10.6. The molecule has 2 rings (SSSR count). The molecule has 2 aromatic rings. The highest BCUT2D eigenvalue weighted by atomic mass is 16.5. The Morgan fingerprint density at radius 2 is 2.22 bits per heavy atom. The Balaban J connectivity index is 2.59. The first-order valence-electron chi connectivity index (χ1n) is 5.93. The maximum Gasteiger partial charge on any atom is 0.357 e. The standard InChI is InChI=1S/C13H16N2O3/c1-4-10-12(13(16)18-5-2)15-7-6-9(17-3)8-11(15)14-10/h6-8H,4-5H2,1-3H3. The first-order chi connectivity index (χ1) is 8.71. The zero-order valence-electron chi connectivity index (χ0n) is 10.8. The van der Waals surface area contributed by atoms with E-state index in [-0.39, 0.29) is 5.97 Å². The van der Waals surface area contributed by atoms with Crippen molar-refractivity contribution in [2.45, 2.75) is 20.3 Å². The van der Waals surface area contributed by atoms with Gasteiger partial charge in [-0.3, -0.25) is 4.40 Å². The topological polar surface area (TPSA) is 52.8 Å².